The Kier molecular flexibility index (Phi) is 4.77. The van der Waals surface area contributed by atoms with E-state index in [2.05, 4.69) is 15.3 Å². The van der Waals surface area contributed by atoms with Crippen molar-refractivity contribution in [3.8, 4) is 11.4 Å². The molecule has 2 aromatic carbocycles. The number of hydrogen-bond acceptors (Lipinski definition) is 5. The van der Waals surface area contributed by atoms with Crippen molar-refractivity contribution >= 4 is 35.0 Å². The molecule has 1 aliphatic carbocycles. The first kappa shape index (κ1) is 18.4. The number of non-ortho nitro benzene ring substituents is 1. The van der Waals surface area contributed by atoms with Crippen molar-refractivity contribution in [2.24, 2.45) is 4.99 Å². The number of fused-ring (bicyclic) bond motifs is 2. The number of benzene rings is 2. The lowest BCUT2D eigenvalue weighted by Gasteiger charge is -2.23. The Labute approximate surface area is 167 Å². The van der Waals surface area contributed by atoms with Crippen molar-refractivity contribution in [3.63, 3.8) is 0 Å². The van der Waals surface area contributed by atoms with Crippen LogP contribution in [0.2, 0.25) is 0 Å². The van der Waals surface area contributed by atoms with Crippen molar-refractivity contribution in [2.45, 2.75) is 37.8 Å². The van der Waals surface area contributed by atoms with Gasteiger partial charge < -0.3 is 10.3 Å². The van der Waals surface area contributed by atoms with Crippen molar-refractivity contribution in [1.29, 1.82) is 0 Å². The number of aromatic amines is 1. The predicted octanol–water partition coefficient (Wildman–Crippen LogP) is 4.22. The molecule has 2 N–H and O–H groups in total. The van der Waals surface area contributed by atoms with Crippen molar-refractivity contribution in [2.75, 3.05) is 0 Å². The highest BCUT2D eigenvalue weighted by Crippen LogP contribution is 2.28. The molecule has 7 nitrogen and oxygen atoms in total. The number of imidazole rings is 1. The van der Waals surface area contributed by atoms with Crippen LogP contribution in [0.4, 0.5) is 5.69 Å². The van der Waals surface area contributed by atoms with Gasteiger partial charge >= 0.3 is 0 Å². The lowest BCUT2D eigenvalue weighted by molar-refractivity contribution is -0.384. The molecule has 5 rings (SSSR count). The lowest BCUT2D eigenvalue weighted by atomic mass is 9.92. The summed E-state index contributed by atoms with van der Waals surface area (Å²) in [5.74, 6) is 1.58. The van der Waals surface area contributed by atoms with E-state index >= 15 is 0 Å². The van der Waals surface area contributed by atoms with E-state index in [-0.39, 0.29) is 18.1 Å². The standard InChI is InChI=1S/C20H19N5O2.ClH/c26-25(27)14-5-3-4-12(10-14)19-23-17-9-8-13(11-18(17)24-19)20-21-15-6-1-2-7-16(15)22-20;/h3-5,8-11,15-16H,1-2,6-7H2,(H,21,22)(H,23,24);1H. The van der Waals surface area contributed by atoms with Gasteiger partial charge in [-0.2, -0.15) is 0 Å². The van der Waals surface area contributed by atoms with Crippen LogP contribution in [-0.2, 0) is 0 Å². The van der Waals surface area contributed by atoms with Gasteiger partial charge in [-0.05, 0) is 31.0 Å². The Morgan fingerprint density at radius 1 is 1.07 bits per heavy atom. The third kappa shape index (κ3) is 3.22. The summed E-state index contributed by atoms with van der Waals surface area (Å²) >= 11 is 0. The molecule has 0 radical (unpaired) electrons. The van der Waals surface area contributed by atoms with Gasteiger partial charge in [0.2, 0.25) is 0 Å². The third-order valence-electron chi connectivity index (χ3n) is 5.43. The molecule has 0 saturated heterocycles. The Bertz CT molecular complexity index is 1080. The lowest BCUT2D eigenvalue weighted by Crippen LogP contribution is -2.36. The molecule has 2 unspecified atom stereocenters. The number of nitrogens with zero attached hydrogens (tertiary/aromatic N) is 3. The Balaban J connectivity index is 0.00000192. The fourth-order valence-electron chi connectivity index (χ4n) is 4.03. The maximum absolute atomic E-state index is 11.0. The second-order valence-corrected chi connectivity index (χ2v) is 7.21. The number of nitro benzene ring substituents is 1. The molecule has 0 amide bonds. The zero-order valence-corrected chi connectivity index (χ0v) is 15.9. The fourth-order valence-corrected chi connectivity index (χ4v) is 4.03. The first-order valence-corrected chi connectivity index (χ1v) is 9.27. The van der Waals surface area contributed by atoms with Crippen LogP contribution >= 0.6 is 12.4 Å². The number of hydrogen-bond donors (Lipinski definition) is 2. The summed E-state index contributed by atoms with van der Waals surface area (Å²) in [6.45, 7) is 0. The van der Waals surface area contributed by atoms with Crippen LogP contribution in [0, 0.1) is 10.1 Å². The largest absolute Gasteiger partial charge is 0.365 e. The van der Waals surface area contributed by atoms with Gasteiger partial charge in [0.25, 0.3) is 5.69 Å². The number of aliphatic imine (C=N–C) groups is 1. The first-order valence-electron chi connectivity index (χ1n) is 9.27. The fraction of sp³-hybridized carbons (Fsp3) is 0.300. The number of nitrogens with one attached hydrogen (secondary N) is 2. The molecule has 1 saturated carbocycles. The van der Waals surface area contributed by atoms with E-state index in [1.807, 2.05) is 24.3 Å². The van der Waals surface area contributed by atoms with Gasteiger partial charge in [0.1, 0.15) is 11.7 Å². The number of aromatic nitrogens is 2. The summed E-state index contributed by atoms with van der Waals surface area (Å²) in [7, 11) is 0. The molecule has 8 heteroatoms. The third-order valence-corrected chi connectivity index (χ3v) is 5.43. The Morgan fingerprint density at radius 3 is 2.75 bits per heavy atom. The van der Waals surface area contributed by atoms with E-state index < -0.39 is 4.92 Å². The van der Waals surface area contributed by atoms with Crippen LogP contribution in [-0.4, -0.2) is 32.8 Å². The molecule has 1 fully saturated rings. The number of rotatable bonds is 3. The highest BCUT2D eigenvalue weighted by Gasteiger charge is 2.31. The molecular weight excluding hydrogens is 378 g/mol. The summed E-state index contributed by atoms with van der Waals surface area (Å²) in [6, 6.07) is 13.4. The van der Waals surface area contributed by atoms with Gasteiger partial charge in [-0.15, -0.1) is 12.4 Å². The minimum absolute atomic E-state index is 0. The first-order chi connectivity index (χ1) is 13.2. The van der Waals surface area contributed by atoms with E-state index in [0.717, 1.165) is 28.9 Å². The molecule has 2 heterocycles. The van der Waals surface area contributed by atoms with Gasteiger partial charge in [-0.1, -0.05) is 25.0 Å². The molecule has 28 heavy (non-hydrogen) atoms. The van der Waals surface area contributed by atoms with Gasteiger partial charge in [0.05, 0.1) is 22.0 Å². The van der Waals surface area contributed by atoms with Crippen LogP contribution in [0.3, 0.4) is 0 Å². The summed E-state index contributed by atoms with van der Waals surface area (Å²) < 4.78 is 0. The zero-order valence-electron chi connectivity index (χ0n) is 15.1. The molecule has 3 aromatic rings. The second kappa shape index (κ2) is 7.24. The molecule has 0 spiro atoms. The number of nitro groups is 1. The molecule has 144 valence electrons. The Hall–Kier alpha value is -2.93. The summed E-state index contributed by atoms with van der Waals surface area (Å²) in [4.78, 5) is 23.4. The van der Waals surface area contributed by atoms with E-state index in [9.17, 15) is 10.1 Å². The maximum atomic E-state index is 11.0. The second-order valence-electron chi connectivity index (χ2n) is 7.21. The van der Waals surface area contributed by atoms with Crippen LogP contribution < -0.4 is 5.32 Å². The van der Waals surface area contributed by atoms with E-state index in [1.54, 1.807) is 6.07 Å². The van der Waals surface area contributed by atoms with Crippen LogP contribution in [0.15, 0.2) is 47.5 Å². The van der Waals surface area contributed by atoms with Crippen molar-refractivity contribution in [3.05, 3.63) is 58.1 Å². The monoisotopic (exact) mass is 397 g/mol. The SMILES string of the molecule is Cl.O=[N+]([O-])c1cccc(-c2nc3ccc(C4=NC5CCCCC5N4)cc3[nH]2)c1. The van der Waals surface area contributed by atoms with Gasteiger partial charge in [0, 0.05) is 29.3 Å². The summed E-state index contributed by atoms with van der Waals surface area (Å²) in [5, 5.41) is 14.6. The Morgan fingerprint density at radius 2 is 1.93 bits per heavy atom. The van der Waals surface area contributed by atoms with Crippen molar-refractivity contribution < 1.29 is 4.92 Å². The summed E-state index contributed by atoms with van der Waals surface area (Å²) in [5.41, 5.74) is 3.53. The molecule has 2 atom stereocenters. The summed E-state index contributed by atoms with van der Waals surface area (Å²) in [6.07, 6.45) is 4.86. The van der Waals surface area contributed by atoms with Gasteiger partial charge in [-0.25, -0.2) is 4.98 Å². The molecule has 1 aromatic heterocycles. The zero-order chi connectivity index (χ0) is 18.4. The predicted molar refractivity (Wildman–Crippen MR) is 111 cm³/mol. The average molecular weight is 398 g/mol. The number of halogens is 1. The molecular formula is C20H20ClN5O2. The molecule has 1 aliphatic heterocycles. The highest BCUT2D eigenvalue weighted by molar-refractivity contribution is 6.02. The maximum Gasteiger partial charge on any atom is 0.270 e. The smallest absolute Gasteiger partial charge is 0.270 e. The van der Waals surface area contributed by atoms with Crippen molar-refractivity contribution in [1.82, 2.24) is 15.3 Å². The minimum Gasteiger partial charge on any atom is -0.365 e. The topological polar surface area (TPSA) is 96.2 Å². The van der Waals surface area contributed by atoms with E-state index in [4.69, 9.17) is 4.99 Å². The van der Waals surface area contributed by atoms with Crippen LogP contribution in [0.1, 0.15) is 31.2 Å². The van der Waals surface area contributed by atoms with E-state index in [0.29, 0.717) is 23.5 Å². The number of amidine groups is 1. The van der Waals surface area contributed by atoms with Gasteiger partial charge in [0.15, 0.2) is 0 Å². The normalized spacial score (nSPS) is 20.8. The van der Waals surface area contributed by atoms with Crippen LogP contribution in [0.5, 0.6) is 0 Å². The molecule has 0 bridgehead atoms. The minimum atomic E-state index is -0.395. The van der Waals surface area contributed by atoms with E-state index in [1.165, 1.54) is 31.4 Å². The average Bonchev–Trinajstić information content (AvgIpc) is 3.31. The quantitative estimate of drug-likeness (QED) is 0.510. The van der Waals surface area contributed by atoms with Gasteiger partial charge in [-0.3, -0.25) is 15.1 Å². The number of H-pyrrole nitrogens is 1. The highest BCUT2D eigenvalue weighted by atomic mass is 35.5. The van der Waals surface area contributed by atoms with Crippen LogP contribution in [0.25, 0.3) is 22.4 Å². The molecule has 2 aliphatic rings.